The molecule has 0 radical (unpaired) electrons. The van der Waals surface area contributed by atoms with Crippen molar-refractivity contribution in [3.05, 3.63) is 46.0 Å². The van der Waals surface area contributed by atoms with E-state index in [9.17, 15) is 13.2 Å². The minimum Gasteiger partial charge on any atom is -0.320 e. The number of halogens is 3. The standard InChI is InChI=1S/C11H10F3N3S/c1-6-10(18-17-16-6)9(15)7-2-4-8(5-3-7)11(12,13)14/h2-5,9H,15H2,1H3. The first-order valence-electron chi connectivity index (χ1n) is 5.11. The normalized spacial score (nSPS) is 13.6. The summed E-state index contributed by atoms with van der Waals surface area (Å²) >= 11 is 1.15. The summed E-state index contributed by atoms with van der Waals surface area (Å²) in [5, 5.41) is 3.83. The Morgan fingerprint density at radius 1 is 1.22 bits per heavy atom. The summed E-state index contributed by atoms with van der Waals surface area (Å²) in [6.45, 7) is 1.77. The molecule has 0 bridgehead atoms. The molecule has 1 aromatic carbocycles. The summed E-state index contributed by atoms with van der Waals surface area (Å²) < 4.78 is 41.0. The molecule has 0 aliphatic heterocycles. The Hall–Kier alpha value is -1.47. The second-order valence-corrected chi connectivity index (χ2v) is 4.61. The molecule has 3 nitrogen and oxygen atoms in total. The number of hydrogen-bond acceptors (Lipinski definition) is 4. The number of benzene rings is 1. The average Bonchev–Trinajstić information content (AvgIpc) is 2.73. The summed E-state index contributed by atoms with van der Waals surface area (Å²) in [5.41, 5.74) is 6.60. The van der Waals surface area contributed by atoms with Crippen LogP contribution in [-0.4, -0.2) is 9.59 Å². The maximum Gasteiger partial charge on any atom is 0.416 e. The van der Waals surface area contributed by atoms with Gasteiger partial charge >= 0.3 is 6.18 Å². The van der Waals surface area contributed by atoms with Crippen LogP contribution in [0.25, 0.3) is 0 Å². The zero-order valence-corrected chi connectivity index (χ0v) is 10.2. The van der Waals surface area contributed by atoms with Crippen molar-refractivity contribution in [1.82, 2.24) is 9.59 Å². The maximum absolute atomic E-state index is 12.4. The maximum atomic E-state index is 12.4. The number of nitrogens with two attached hydrogens (primary N) is 1. The molecule has 0 amide bonds. The Morgan fingerprint density at radius 2 is 1.83 bits per heavy atom. The number of aromatic nitrogens is 2. The van der Waals surface area contributed by atoms with Crippen LogP contribution in [0.5, 0.6) is 0 Å². The first kappa shape index (κ1) is 13.0. The first-order valence-corrected chi connectivity index (χ1v) is 5.88. The molecule has 0 saturated heterocycles. The summed E-state index contributed by atoms with van der Waals surface area (Å²) in [4.78, 5) is 0.759. The highest BCUT2D eigenvalue weighted by Crippen LogP contribution is 2.31. The molecule has 0 aliphatic rings. The molecule has 0 saturated carbocycles. The Morgan fingerprint density at radius 3 is 2.28 bits per heavy atom. The van der Waals surface area contributed by atoms with E-state index < -0.39 is 17.8 Å². The van der Waals surface area contributed by atoms with Crippen LogP contribution in [0.2, 0.25) is 0 Å². The number of hydrogen-bond donors (Lipinski definition) is 1. The molecule has 0 spiro atoms. The van der Waals surface area contributed by atoms with Gasteiger partial charge in [0.2, 0.25) is 0 Å². The minimum atomic E-state index is -4.33. The van der Waals surface area contributed by atoms with Crippen molar-refractivity contribution in [2.75, 3.05) is 0 Å². The third-order valence-corrected chi connectivity index (χ3v) is 3.48. The lowest BCUT2D eigenvalue weighted by Crippen LogP contribution is -2.12. The Labute approximate surface area is 106 Å². The molecule has 1 unspecified atom stereocenters. The minimum absolute atomic E-state index is 0.493. The van der Waals surface area contributed by atoms with E-state index in [0.29, 0.717) is 11.3 Å². The fourth-order valence-corrected chi connectivity index (χ4v) is 2.23. The third kappa shape index (κ3) is 2.51. The van der Waals surface area contributed by atoms with Crippen LogP contribution in [0.4, 0.5) is 13.2 Å². The quantitative estimate of drug-likeness (QED) is 0.915. The molecule has 18 heavy (non-hydrogen) atoms. The van der Waals surface area contributed by atoms with Gasteiger partial charge in [0, 0.05) is 0 Å². The Bertz CT molecular complexity index is 533. The predicted octanol–water partition coefficient (Wildman–Crippen LogP) is 2.91. The second-order valence-electron chi connectivity index (χ2n) is 3.82. The van der Waals surface area contributed by atoms with Gasteiger partial charge in [-0.2, -0.15) is 13.2 Å². The van der Waals surface area contributed by atoms with E-state index in [1.54, 1.807) is 6.92 Å². The summed E-state index contributed by atoms with van der Waals surface area (Å²) in [6.07, 6.45) is -4.33. The van der Waals surface area contributed by atoms with Gasteiger partial charge in [0.15, 0.2) is 0 Å². The van der Waals surface area contributed by atoms with Gasteiger partial charge in [-0.15, -0.1) is 5.10 Å². The van der Waals surface area contributed by atoms with Gasteiger partial charge in [-0.1, -0.05) is 16.6 Å². The van der Waals surface area contributed by atoms with E-state index in [-0.39, 0.29) is 0 Å². The van der Waals surface area contributed by atoms with Crippen LogP contribution in [0, 0.1) is 6.92 Å². The topological polar surface area (TPSA) is 51.8 Å². The van der Waals surface area contributed by atoms with Crippen LogP contribution in [0.3, 0.4) is 0 Å². The van der Waals surface area contributed by atoms with Gasteiger partial charge in [-0.3, -0.25) is 0 Å². The fourth-order valence-electron chi connectivity index (χ4n) is 1.55. The van der Waals surface area contributed by atoms with E-state index in [4.69, 9.17) is 5.73 Å². The molecule has 96 valence electrons. The van der Waals surface area contributed by atoms with Crippen molar-refractivity contribution in [1.29, 1.82) is 0 Å². The monoisotopic (exact) mass is 273 g/mol. The van der Waals surface area contributed by atoms with E-state index in [1.807, 2.05) is 0 Å². The summed E-state index contributed by atoms with van der Waals surface area (Å²) in [5.74, 6) is 0. The van der Waals surface area contributed by atoms with E-state index in [1.165, 1.54) is 12.1 Å². The lowest BCUT2D eigenvalue weighted by Gasteiger charge is -2.12. The van der Waals surface area contributed by atoms with Crippen molar-refractivity contribution in [3.8, 4) is 0 Å². The molecule has 2 rings (SSSR count). The van der Waals surface area contributed by atoms with Gasteiger partial charge < -0.3 is 5.73 Å². The Balaban J connectivity index is 2.28. The molecule has 1 atom stereocenters. The molecule has 1 heterocycles. The molecule has 2 aromatic rings. The van der Waals surface area contributed by atoms with Gasteiger partial charge in [0.05, 0.1) is 22.2 Å². The molecular weight excluding hydrogens is 263 g/mol. The van der Waals surface area contributed by atoms with E-state index >= 15 is 0 Å². The fraction of sp³-hybridized carbons (Fsp3) is 0.273. The number of aryl methyl sites for hydroxylation is 1. The molecule has 0 fully saturated rings. The zero-order valence-electron chi connectivity index (χ0n) is 9.40. The summed E-state index contributed by atoms with van der Waals surface area (Å²) in [6, 6.07) is 4.32. The highest BCUT2D eigenvalue weighted by atomic mass is 32.1. The van der Waals surface area contributed by atoms with Crippen molar-refractivity contribution >= 4 is 11.5 Å². The molecule has 2 N–H and O–H groups in total. The third-order valence-electron chi connectivity index (χ3n) is 2.57. The van der Waals surface area contributed by atoms with Gasteiger partial charge in [-0.05, 0) is 36.2 Å². The molecular formula is C11H10F3N3S. The largest absolute Gasteiger partial charge is 0.416 e. The van der Waals surface area contributed by atoms with Crippen LogP contribution in [0.15, 0.2) is 24.3 Å². The lowest BCUT2D eigenvalue weighted by molar-refractivity contribution is -0.137. The van der Waals surface area contributed by atoms with Gasteiger partial charge in [-0.25, -0.2) is 0 Å². The van der Waals surface area contributed by atoms with Crippen molar-refractivity contribution in [2.24, 2.45) is 5.73 Å². The average molecular weight is 273 g/mol. The SMILES string of the molecule is Cc1nnsc1C(N)c1ccc(C(F)(F)F)cc1. The molecule has 1 aromatic heterocycles. The van der Waals surface area contributed by atoms with Crippen LogP contribution in [0.1, 0.15) is 27.7 Å². The highest BCUT2D eigenvalue weighted by molar-refractivity contribution is 7.05. The number of alkyl halides is 3. The van der Waals surface area contributed by atoms with E-state index in [2.05, 4.69) is 9.59 Å². The van der Waals surface area contributed by atoms with Crippen molar-refractivity contribution < 1.29 is 13.2 Å². The van der Waals surface area contributed by atoms with E-state index in [0.717, 1.165) is 28.5 Å². The Kier molecular flexibility index (Phi) is 3.36. The predicted molar refractivity (Wildman–Crippen MR) is 62.1 cm³/mol. The van der Waals surface area contributed by atoms with Crippen molar-refractivity contribution in [3.63, 3.8) is 0 Å². The number of nitrogens with zero attached hydrogens (tertiary/aromatic N) is 2. The van der Waals surface area contributed by atoms with Crippen LogP contribution < -0.4 is 5.73 Å². The van der Waals surface area contributed by atoms with Gasteiger partial charge in [0.25, 0.3) is 0 Å². The molecule has 7 heteroatoms. The van der Waals surface area contributed by atoms with Crippen LogP contribution in [-0.2, 0) is 6.18 Å². The first-order chi connectivity index (χ1) is 8.39. The summed E-state index contributed by atoms with van der Waals surface area (Å²) in [7, 11) is 0. The smallest absolute Gasteiger partial charge is 0.320 e. The zero-order chi connectivity index (χ0) is 13.3. The second kappa shape index (κ2) is 4.66. The van der Waals surface area contributed by atoms with Crippen molar-refractivity contribution in [2.45, 2.75) is 19.1 Å². The van der Waals surface area contributed by atoms with Gasteiger partial charge in [0.1, 0.15) is 0 Å². The van der Waals surface area contributed by atoms with Crippen LogP contribution >= 0.6 is 11.5 Å². The number of rotatable bonds is 2. The molecule has 0 aliphatic carbocycles. The lowest BCUT2D eigenvalue weighted by atomic mass is 10.0. The highest BCUT2D eigenvalue weighted by Gasteiger charge is 2.30.